The highest BCUT2D eigenvalue weighted by Crippen LogP contribution is 2.37. The van der Waals surface area contributed by atoms with Crippen LogP contribution in [-0.4, -0.2) is 24.7 Å². The molecule has 0 saturated carbocycles. The standard InChI is InChI=1S/C34H39N5OS2/c1-3-5-7-9-18-39-19-17-26-21-28(13-16-31(26)39)37-38-34-36-33-32(42-34)23-30(41-33)22-27(24-35)25-11-14-29(15-12-25)40-20-10-8-6-4-2/h11-16,21-23H,3-10,17-20H2,1-2H3/b27-22+,38-37+. The van der Waals surface area contributed by atoms with Crippen molar-refractivity contribution >= 4 is 60.4 Å². The number of azo groups is 1. The van der Waals surface area contributed by atoms with E-state index in [1.165, 1.54) is 67.5 Å². The second-order valence-corrected chi connectivity index (χ2v) is 12.8. The predicted octanol–water partition coefficient (Wildman–Crippen LogP) is 10.7. The van der Waals surface area contributed by atoms with Crippen LogP contribution in [0.1, 0.15) is 81.2 Å². The number of aromatic nitrogens is 1. The van der Waals surface area contributed by atoms with E-state index in [-0.39, 0.29) is 0 Å². The molecule has 0 spiro atoms. The summed E-state index contributed by atoms with van der Waals surface area (Å²) in [7, 11) is 0. The van der Waals surface area contributed by atoms with Crippen molar-refractivity contribution in [3.8, 4) is 11.8 Å². The highest BCUT2D eigenvalue weighted by atomic mass is 32.1. The lowest BCUT2D eigenvalue weighted by Gasteiger charge is -2.19. The number of hydrogen-bond acceptors (Lipinski definition) is 8. The first-order valence-electron chi connectivity index (χ1n) is 15.2. The van der Waals surface area contributed by atoms with Crippen LogP contribution >= 0.6 is 22.7 Å². The van der Waals surface area contributed by atoms with Crippen molar-refractivity contribution in [2.75, 3.05) is 24.6 Å². The van der Waals surface area contributed by atoms with E-state index in [9.17, 15) is 5.26 Å². The van der Waals surface area contributed by atoms with Crippen LogP contribution in [0.5, 0.6) is 5.75 Å². The number of nitrogens with zero attached hydrogens (tertiary/aromatic N) is 5. The smallest absolute Gasteiger partial charge is 0.231 e. The summed E-state index contributed by atoms with van der Waals surface area (Å²) in [6, 6.07) is 18.6. The SMILES string of the molecule is CCCCCCOc1ccc(/C(C#N)=C/c2cc3sc(/N=N/c4ccc5c(c4)CCN5CCCCCC)nc3s2)cc1. The Balaban J connectivity index is 1.19. The summed E-state index contributed by atoms with van der Waals surface area (Å²) in [5.41, 5.74) is 5.07. The molecule has 42 heavy (non-hydrogen) atoms. The van der Waals surface area contributed by atoms with Gasteiger partial charge in [0.1, 0.15) is 10.6 Å². The van der Waals surface area contributed by atoms with E-state index in [1.807, 2.05) is 30.3 Å². The molecule has 5 rings (SSSR count). The Morgan fingerprint density at radius 3 is 2.55 bits per heavy atom. The molecule has 3 heterocycles. The molecule has 0 radical (unpaired) electrons. The minimum absolute atomic E-state index is 0.620. The molecule has 2 aromatic carbocycles. The van der Waals surface area contributed by atoms with Crippen LogP contribution in [0, 0.1) is 11.3 Å². The van der Waals surface area contributed by atoms with Crippen LogP contribution in [-0.2, 0) is 6.42 Å². The van der Waals surface area contributed by atoms with Gasteiger partial charge in [-0.05, 0) is 85.0 Å². The first-order chi connectivity index (χ1) is 20.7. The number of nitriles is 1. The summed E-state index contributed by atoms with van der Waals surface area (Å²) in [4.78, 5) is 9.10. The minimum Gasteiger partial charge on any atom is -0.494 e. The lowest BCUT2D eigenvalue weighted by molar-refractivity contribution is 0.305. The van der Waals surface area contributed by atoms with Gasteiger partial charge in [-0.25, -0.2) is 4.98 Å². The highest BCUT2D eigenvalue weighted by molar-refractivity contribution is 7.29. The third kappa shape index (κ3) is 7.84. The molecule has 0 amide bonds. The van der Waals surface area contributed by atoms with E-state index >= 15 is 0 Å². The molecule has 1 aliphatic rings. The Kier molecular flexibility index (Phi) is 10.7. The first kappa shape index (κ1) is 29.9. The van der Waals surface area contributed by atoms with Gasteiger partial charge in [-0.15, -0.1) is 21.6 Å². The molecule has 1 aliphatic heterocycles. The molecule has 0 aliphatic carbocycles. The number of unbranched alkanes of at least 4 members (excludes halogenated alkanes) is 6. The van der Waals surface area contributed by atoms with Crippen molar-refractivity contribution in [3.63, 3.8) is 0 Å². The molecule has 8 heteroatoms. The van der Waals surface area contributed by atoms with Crippen molar-refractivity contribution in [1.29, 1.82) is 5.26 Å². The fourth-order valence-electron chi connectivity index (χ4n) is 5.21. The number of hydrogen-bond donors (Lipinski definition) is 0. The number of thiophene rings is 1. The quantitative estimate of drug-likeness (QED) is 0.0776. The fraction of sp³-hybridized carbons (Fsp3) is 0.412. The number of allylic oxidation sites excluding steroid dienone is 1. The van der Waals surface area contributed by atoms with Gasteiger partial charge >= 0.3 is 0 Å². The zero-order valence-corrected chi connectivity index (χ0v) is 26.3. The molecule has 0 N–H and O–H groups in total. The van der Waals surface area contributed by atoms with Crippen LogP contribution in [0.2, 0.25) is 0 Å². The molecule has 4 aromatic rings. The molecule has 0 atom stereocenters. The largest absolute Gasteiger partial charge is 0.494 e. The predicted molar refractivity (Wildman–Crippen MR) is 178 cm³/mol. The summed E-state index contributed by atoms with van der Waals surface area (Å²) in [5.74, 6) is 0.842. The summed E-state index contributed by atoms with van der Waals surface area (Å²) in [6.45, 7) is 7.42. The van der Waals surface area contributed by atoms with Crippen molar-refractivity contribution < 1.29 is 4.74 Å². The second kappa shape index (κ2) is 15.1. The van der Waals surface area contributed by atoms with E-state index in [2.05, 4.69) is 64.3 Å². The molecule has 0 saturated heterocycles. The van der Waals surface area contributed by atoms with Gasteiger partial charge in [0.2, 0.25) is 5.13 Å². The Labute approximate surface area is 257 Å². The van der Waals surface area contributed by atoms with Crippen LogP contribution < -0.4 is 9.64 Å². The molecule has 218 valence electrons. The van der Waals surface area contributed by atoms with E-state index in [0.717, 1.165) is 63.9 Å². The zero-order chi connectivity index (χ0) is 29.1. The highest BCUT2D eigenvalue weighted by Gasteiger charge is 2.19. The second-order valence-electron chi connectivity index (χ2n) is 10.7. The maximum Gasteiger partial charge on any atom is 0.231 e. The molecular weight excluding hydrogens is 559 g/mol. The Hall–Kier alpha value is -3.54. The Bertz CT molecular complexity index is 1530. The summed E-state index contributed by atoms with van der Waals surface area (Å²) < 4.78 is 6.90. The van der Waals surface area contributed by atoms with Gasteiger partial charge in [0.15, 0.2) is 0 Å². The van der Waals surface area contributed by atoms with Gasteiger partial charge in [0.25, 0.3) is 0 Å². The van der Waals surface area contributed by atoms with Gasteiger partial charge < -0.3 is 9.64 Å². The monoisotopic (exact) mass is 597 g/mol. The number of fused-ring (bicyclic) bond motifs is 2. The van der Waals surface area contributed by atoms with Crippen molar-refractivity contribution in [2.45, 2.75) is 71.6 Å². The summed E-state index contributed by atoms with van der Waals surface area (Å²) >= 11 is 3.09. The fourth-order valence-corrected chi connectivity index (χ4v) is 7.19. The van der Waals surface area contributed by atoms with Crippen molar-refractivity contribution in [1.82, 2.24) is 4.98 Å². The Morgan fingerprint density at radius 1 is 0.976 bits per heavy atom. The van der Waals surface area contributed by atoms with Gasteiger partial charge in [-0.1, -0.05) is 63.7 Å². The number of rotatable bonds is 15. The number of ether oxygens (including phenoxy) is 1. The van der Waals surface area contributed by atoms with Gasteiger partial charge in [-0.2, -0.15) is 5.26 Å². The van der Waals surface area contributed by atoms with Crippen LogP contribution in [0.3, 0.4) is 0 Å². The average Bonchev–Trinajstić information content (AvgIpc) is 3.70. The molecule has 6 nitrogen and oxygen atoms in total. The molecule has 0 bridgehead atoms. The maximum absolute atomic E-state index is 9.82. The van der Waals surface area contributed by atoms with Gasteiger partial charge in [-0.3, -0.25) is 0 Å². The van der Waals surface area contributed by atoms with E-state index < -0.39 is 0 Å². The lowest BCUT2D eigenvalue weighted by Crippen LogP contribution is -2.21. The zero-order valence-electron chi connectivity index (χ0n) is 24.6. The molecule has 2 aromatic heterocycles. The third-order valence-electron chi connectivity index (χ3n) is 7.52. The number of thiazole rings is 1. The lowest BCUT2D eigenvalue weighted by atomic mass is 10.1. The van der Waals surface area contributed by atoms with Gasteiger partial charge in [0.05, 0.1) is 28.6 Å². The van der Waals surface area contributed by atoms with Crippen molar-refractivity contribution in [2.24, 2.45) is 10.2 Å². The molecule has 0 unspecified atom stereocenters. The van der Waals surface area contributed by atoms with Crippen LogP contribution in [0.15, 0.2) is 58.8 Å². The summed E-state index contributed by atoms with van der Waals surface area (Å²) in [5, 5.41) is 19.4. The van der Waals surface area contributed by atoms with Gasteiger partial charge in [0, 0.05) is 23.7 Å². The van der Waals surface area contributed by atoms with Crippen LogP contribution in [0.4, 0.5) is 16.5 Å². The average molecular weight is 598 g/mol. The normalized spacial score (nSPS) is 13.3. The summed E-state index contributed by atoms with van der Waals surface area (Å²) in [6.07, 6.45) is 12.9. The number of anilines is 1. The van der Waals surface area contributed by atoms with Crippen molar-refractivity contribution in [3.05, 3.63) is 64.5 Å². The maximum atomic E-state index is 9.82. The molecule has 0 fully saturated rings. The third-order valence-corrected chi connectivity index (χ3v) is 9.52. The number of benzene rings is 2. The Morgan fingerprint density at radius 2 is 1.79 bits per heavy atom. The van der Waals surface area contributed by atoms with Crippen LogP contribution in [0.25, 0.3) is 21.2 Å². The van der Waals surface area contributed by atoms with E-state index in [4.69, 9.17) is 4.74 Å². The first-order valence-corrected chi connectivity index (χ1v) is 16.8. The minimum atomic E-state index is 0.620. The topological polar surface area (TPSA) is 73.9 Å². The van der Waals surface area contributed by atoms with E-state index in [0.29, 0.717) is 10.7 Å². The van der Waals surface area contributed by atoms with E-state index in [1.54, 1.807) is 11.3 Å². The molecular formula is C34H39N5OS2.